The summed E-state index contributed by atoms with van der Waals surface area (Å²) in [6.07, 6.45) is -0.0671. The van der Waals surface area contributed by atoms with Gasteiger partial charge in [-0.1, -0.05) is 11.6 Å². The minimum Gasteiger partial charge on any atom is -0.459 e. The molecule has 0 aromatic carbocycles. The number of ether oxygens (including phenoxy) is 1. The van der Waals surface area contributed by atoms with Crippen LogP contribution in [-0.4, -0.2) is 35.5 Å². The molecule has 0 rings (SSSR count). The Kier molecular flexibility index (Phi) is 5.83. The highest BCUT2D eigenvalue weighted by molar-refractivity contribution is 6.25. The maximum absolute atomic E-state index is 10.5. The minimum atomic E-state index is -1.46. The summed E-state index contributed by atoms with van der Waals surface area (Å²) in [5.74, 6) is -0.859. The van der Waals surface area contributed by atoms with Gasteiger partial charge in [0.25, 0.3) is 0 Å². The molecule has 0 aliphatic heterocycles. The molecule has 0 fully saturated rings. The van der Waals surface area contributed by atoms with Gasteiger partial charge in [-0.25, -0.2) is 4.79 Å². The van der Waals surface area contributed by atoms with Crippen molar-refractivity contribution in [2.75, 3.05) is 13.2 Å². The van der Waals surface area contributed by atoms with Crippen molar-refractivity contribution in [2.45, 2.75) is 6.10 Å². The lowest BCUT2D eigenvalue weighted by molar-refractivity contribution is -0.154. The molecule has 0 aliphatic carbocycles. The number of aliphatic hydroxyl groups is 2. The third kappa shape index (κ3) is 4.78. The van der Waals surface area contributed by atoms with Crippen LogP contribution in [0.1, 0.15) is 0 Å². The lowest BCUT2D eigenvalue weighted by Crippen LogP contribution is -2.26. The predicted molar refractivity (Wildman–Crippen MR) is 39.0 cm³/mol. The van der Waals surface area contributed by atoms with Crippen LogP contribution in [0.4, 0.5) is 0 Å². The number of carbonyl (C=O) groups excluding carboxylic acids is 1. The molecule has 0 bridgehead atoms. The molecule has 0 amide bonds. The first-order chi connectivity index (χ1) is 5.22. The predicted octanol–water partition coefficient (Wildman–Crippen LogP) is -0.365. The van der Waals surface area contributed by atoms with Crippen molar-refractivity contribution in [3.8, 4) is 0 Å². The highest BCUT2D eigenvalue weighted by Crippen LogP contribution is 1.88. The Morgan fingerprint density at radius 1 is 1.73 bits per heavy atom. The van der Waals surface area contributed by atoms with Crippen LogP contribution in [0.25, 0.3) is 0 Å². The van der Waals surface area contributed by atoms with Gasteiger partial charge in [0.2, 0.25) is 0 Å². The van der Waals surface area contributed by atoms with Gasteiger partial charge in [-0.3, -0.25) is 0 Å². The van der Waals surface area contributed by atoms with Gasteiger partial charge in [0.05, 0.1) is 6.61 Å². The van der Waals surface area contributed by atoms with Crippen molar-refractivity contribution >= 4 is 17.6 Å². The molecule has 0 aliphatic rings. The second kappa shape index (κ2) is 6.15. The van der Waals surface area contributed by atoms with E-state index in [0.29, 0.717) is 0 Å². The third-order valence-electron chi connectivity index (χ3n) is 0.856. The van der Waals surface area contributed by atoms with E-state index in [9.17, 15) is 4.79 Å². The van der Waals surface area contributed by atoms with E-state index in [0.717, 1.165) is 0 Å². The minimum absolute atomic E-state index is 0.000602. The van der Waals surface area contributed by atoms with Crippen LogP contribution >= 0.6 is 11.6 Å². The summed E-state index contributed by atoms with van der Waals surface area (Å²) in [7, 11) is 0. The Balaban J connectivity index is 3.52. The first-order valence-electron chi connectivity index (χ1n) is 2.93. The Morgan fingerprint density at radius 3 is 2.82 bits per heavy atom. The Labute approximate surface area is 69.0 Å². The normalized spacial score (nSPS) is 13.4. The standard InChI is InChI=1S/C6H9ClO4/c7-2-1-3-11-6(10)5(9)4-8/h1-2,5,8-9H,3-4H2. The molecule has 5 heteroatoms. The second-order valence-corrected chi connectivity index (χ2v) is 1.94. The molecule has 0 aromatic rings. The number of rotatable bonds is 4. The van der Waals surface area contributed by atoms with Crippen LogP contribution in [0.15, 0.2) is 11.6 Å². The fourth-order valence-corrected chi connectivity index (χ4v) is 0.410. The van der Waals surface area contributed by atoms with Crippen molar-refractivity contribution in [1.82, 2.24) is 0 Å². The molecule has 11 heavy (non-hydrogen) atoms. The maximum Gasteiger partial charge on any atom is 0.337 e. The van der Waals surface area contributed by atoms with E-state index in [4.69, 9.17) is 21.8 Å². The van der Waals surface area contributed by atoms with Gasteiger partial charge in [-0.15, -0.1) is 0 Å². The number of hydrogen-bond acceptors (Lipinski definition) is 4. The Bertz CT molecular complexity index is 146. The molecule has 0 saturated heterocycles. The van der Waals surface area contributed by atoms with Crippen molar-refractivity contribution in [1.29, 1.82) is 0 Å². The highest BCUT2D eigenvalue weighted by Gasteiger charge is 2.13. The van der Waals surface area contributed by atoms with Gasteiger partial charge in [0.1, 0.15) is 6.61 Å². The largest absolute Gasteiger partial charge is 0.459 e. The highest BCUT2D eigenvalue weighted by atomic mass is 35.5. The zero-order valence-corrected chi connectivity index (χ0v) is 6.49. The van der Waals surface area contributed by atoms with Crippen molar-refractivity contribution in [3.63, 3.8) is 0 Å². The van der Waals surface area contributed by atoms with E-state index in [-0.39, 0.29) is 6.61 Å². The number of carbonyl (C=O) groups is 1. The number of hydrogen-bond donors (Lipinski definition) is 2. The topological polar surface area (TPSA) is 66.8 Å². The van der Waals surface area contributed by atoms with Crippen molar-refractivity contribution in [2.24, 2.45) is 0 Å². The zero-order valence-electron chi connectivity index (χ0n) is 5.74. The monoisotopic (exact) mass is 180 g/mol. The van der Waals surface area contributed by atoms with E-state index in [2.05, 4.69) is 4.74 Å². The van der Waals surface area contributed by atoms with Gasteiger partial charge in [-0.2, -0.15) is 0 Å². The quantitative estimate of drug-likeness (QED) is 0.580. The molecule has 2 N–H and O–H groups in total. The van der Waals surface area contributed by atoms with Gasteiger partial charge >= 0.3 is 5.97 Å². The SMILES string of the molecule is O=C(OCC=CCl)C(O)CO. The average Bonchev–Trinajstić information content (AvgIpc) is 2.03. The Morgan fingerprint density at radius 2 is 2.36 bits per heavy atom. The number of halogens is 1. The summed E-state index contributed by atoms with van der Waals surface area (Å²) < 4.78 is 4.41. The molecular formula is C6H9ClO4. The number of esters is 1. The maximum atomic E-state index is 10.5. The van der Waals surface area contributed by atoms with Crippen molar-refractivity contribution < 1.29 is 19.7 Å². The molecule has 64 valence electrons. The first kappa shape index (κ1) is 10.4. The molecule has 0 radical (unpaired) electrons. The summed E-state index contributed by atoms with van der Waals surface area (Å²) in [4.78, 5) is 10.5. The van der Waals surface area contributed by atoms with Crippen LogP contribution < -0.4 is 0 Å². The molecule has 0 saturated carbocycles. The summed E-state index contributed by atoms with van der Waals surface area (Å²) in [5, 5.41) is 16.9. The number of aliphatic hydroxyl groups excluding tert-OH is 2. The van der Waals surface area contributed by atoms with Gasteiger partial charge in [0.15, 0.2) is 6.10 Å². The van der Waals surface area contributed by atoms with Crippen LogP contribution in [0.5, 0.6) is 0 Å². The fraction of sp³-hybridized carbons (Fsp3) is 0.500. The van der Waals surface area contributed by atoms with E-state index < -0.39 is 18.7 Å². The van der Waals surface area contributed by atoms with Crippen LogP contribution in [-0.2, 0) is 9.53 Å². The average molecular weight is 181 g/mol. The van der Waals surface area contributed by atoms with Gasteiger partial charge in [-0.05, 0) is 6.08 Å². The van der Waals surface area contributed by atoms with E-state index in [1.807, 2.05) is 0 Å². The third-order valence-corrected chi connectivity index (χ3v) is 1.03. The summed E-state index contributed by atoms with van der Waals surface area (Å²) in [6, 6.07) is 0. The molecule has 0 aromatic heterocycles. The van der Waals surface area contributed by atoms with Gasteiger partial charge in [0, 0.05) is 5.54 Å². The molecule has 0 heterocycles. The smallest absolute Gasteiger partial charge is 0.337 e. The summed E-state index contributed by atoms with van der Waals surface area (Å²) in [5.41, 5.74) is 1.19. The molecule has 0 spiro atoms. The van der Waals surface area contributed by atoms with Crippen LogP contribution in [0, 0.1) is 0 Å². The van der Waals surface area contributed by atoms with Crippen LogP contribution in [0.2, 0.25) is 0 Å². The van der Waals surface area contributed by atoms with Gasteiger partial charge < -0.3 is 14.9 Å². The first-order valence-corrected chi connectivity index (χ1v) is 3.36. The summed E-state index contributed by atoms with van der Waals surface area (Å²) >= 11 is 5.11. The molecule has 4 nitrogen and oxygen atoms in total. The Hall–Kier alpha value is -0.580. The second-order valence-electron chi connectivity index (χ2n) is 1.69. The van der Waals surface area contributed by atoms with Crippen LogP contribution in [0.3, 0.4) is 0 Å². The molecular weight excluding hydrogens is 172 g/mol. The zero-order chi connectivity index (χ0) is 8.69. The van der Waals surface area contributed by atoms with E-state index in [1.54, 1.807) is 0 Å². The van der Waals surface area contributed by atoms with E-state index in [1.165, 1.54) is 11.6 Å². The van der Waals surface area contributed by atoms with E-state index >= 15 is 0 Å². The fourth-order valence-electron chi connectivity index (χ4n) is 0.337. The lowest BCUT2D eigenvalue weighted by atomic mass is 10.4. The summed E-state index contributed by atoms with van der Waals surface area (Å²) in [6.45, 7) is -0.636. The molecule has 1 unspecified atom stereocenters. The van der Waals surface area contributed by atoms with Crippen molar-refractivity contribution in [3.05, 3.63) is 11.6 Å². The molecule has 1 atom stereocenters. The lowest BCUT2D eigenvalue weighted by Gasteiger charge is -2.04.